The van der Waals surface area contributed by atoms with E-state index in [2.05, 4.69) is 10.2 Å². The molecule has 5 nitrogen and oxygen atoms in total. The van der Waals surface area contributed by atoms with Gasteiger partial charge in [-0.1, -0.05) is 0 Å². The van der Waals surface area contributed by atoms with Gasteiger partial charge < -0.3 is 4.90 Å². The van der Waals surface area contributed by atoms with Crippen LogP contribution in [0.5, 0.6) is 0 Å². The van der Waals surface area contributed by atoms with Gasteiger partial charge in [-0.3, -0.25) is 4.79 Å². The van der Waals surface area contributed by atoms with Gasteiger partial charge in [0.15, 0.2) is 0 Å². The Hall–Kier alpha value is -1.96. The van der Waals surface area contributed by atoms with Crippen molar-refractivity contribution in [2.24, 2.45) is 0 Å². The van der Waals surface area contributed by atoms with Crippen LogP contribution in [-0.4, -0.2) is 34.1 Å². The van der Waals surface area contributed by atoms with Crippen LogP contribution >= 0.6 is 0 Å². The fourth-order valence-corrected chi connectivity index (χ4v) is 1.01. The molecule has 5 heteroatoms. The van der Waals surface area contributed by atoms with Crippen molar-refractivity contribution in [3.05, 3.63) is 24.0 Å². The highest BCUT2D eigenvalue weighted by atomic mass is 16.2. The second-order valence-corrected chi connectivity index (χ2v) is 2.61. The van der Waals surface area contributed by atoms with Crippen LogP contribution in [0.15, 0.2) is 18.5 Å². The van der Waals surface area contributed by atoms with Crippen LogP contribution in [-0.2, 0) is 0 Å². The predicted octanol–water partition coefficient (Wildman–Crippen LogP) is 0.462. The van der Waals surface area contributed by atoms with Gasteiger partial charge in [-0.2, -0.15) is 15.5 Å². The molecule has 0 saturated heterocycles. The fourth-order valence-electron chi connectivity index (χ4n) is 1.01. The average Bonchev–Trinajstić information content (AvgIpc) is 2.26. The molecule has 14 heavy (non-hydrogen) atoms. The zero-order valence-corrected chi connectivity index (χ0v) is 7.84. The fraction of sp³-hybridized carbons (Fsp3) is 0.333. The van der Waals surface area contributed by atoms with Crippen molar-refractivity contribution in [1.82, 2.24) is 15.1 Å². The molecule has 0 N–H and O–H groups in total. The van der Waals surface area contributed by atoms with Gasteiger partial charge in [-0.05, 0) is 13.0 Å². The topological polar surface area (TPSA) is 69.9 Å². The van der Waals surface area contributed by atoms with Crippen LogP contribution in [0, 0.1) is 11.3 Å². The minimum absolute atomic E-state index is 0.0949. The first kappa shape index (κ1) is 10.1. The van der Waals surface area contributed by atoms with Crippen LogP contribution in [0.2, 0.25) is 0 Å². The number of carbonyl (C=O) groups excluding carboxylic acids is 1. The van der Waals surface area contributed by atoms with Crippen LogP contribution < -0.4 is 0 Å². The summed E-state index contributed by atoms with van der Waals surface area (Å²) in [5.41, 5.74) is 0.456. The smallest absolute Gasteiger partial charge is 0.256 e. The van der Waals surface area contributed by atoms with Gasteiger partial charge in [0.1, 0.15) is 6.54 Å². The van der Waals surface area contributed by atoms with Gasteiger partial charge in [0.25, 0.3) is 5.91 Å². The van der Waals surface area contributed by atoms with E-state index in [1.54, 1.807) is 6.07 Å². The summed E-state index contributed by atoms with van der Waals surface area (Å²) < 4.78 is 0. The second kappa shape index (κ2) is 4.92. The molecule has 0 aromatic carbocycles. The molecule has 1 heterocycles. The van der Waals surface area contributed by atoms with E-state index in [1.807, 2.05) is 13.0 Å². The molecule has 0 fully saturated rings. The number of rotatable bonds is 3. The van der Waals surface area contributed by atoms with Crippen LogP contribution in [0.25, 0.3) is 0 Å². The maximum Gasteiger partial charge on any atom is 0.256 e. The summed E-state index contributed by atoms with van der Waals surface area (Å²) in [5.74, 6) is -0.191. The molecule has 0 spiro atoms. The summed E-state index contributed by atoms with van der Waals surface area (Å²) in [5, 5.41) is 15.7. The number of nitriles is 1. The summed E-state index contributed by atoms with van der Waals surface area (Å²) in [6, 6.07) is 3.52. The highest BCUT2D eigenvalue weighted by Gasteiger charge is 2.13. The molecule has 1 rings (SSSR count). The lowest BCUT2D eigenvalue weighted by atomic mass is 10.2. The first-order valence-corrected chi connectivity index (χ1v) is 4.22. The van der Waals surface area contributed by atoms with Crippen molar-refractivity contribution in [1.29, 1.82) is 5.26 Å². The van der Waals surface area contributed by atoms with Crippen molar-refractivity contribution >= 4 is 5.91 Å². The van der Waals surface area contributed by atoms with Crippen molar-refractivity contribution < 1.29 is 4.79 Å². The van der Waals surface area contributed by atoms with Gasteiger partial charge in [0.05, 0.1) is 24.0 Å². The Labute approximate surface area is 82.0 Å². The summed E-state index contributed by atoms with van der Waals surface area (Å²) >= 11 is 0. The predicted molar refractivity (Wildman–Crippen MR) is 49.2 cm³/mol. The molecule has 0 unspecified atom stereocenters. The molecule has 0 aliphatic rings. The van der Waals surface area contributed by atoms with E-state index >= 15 is 0 Å². The van der Waals surface area contributed by atoms with Gasteiger partial charge in [-0.25, -0.2) is 0 Å². The van der Waals surface area contributed by atoms with Gasteiger partial charge in [-0.15, -0.1) is 0 Å². The van der Waals surface area contributed by atoms with Crippen molar-refractivity contribution in [3.63, 3.8) is 0 Å². The standard InChI is InChI=1S/C9H10N4O/c1-2-13(6-4-10)9(14)8-3-5-11-12-7-8/h3,5,7H,2,6H2,1H3. The third-order valence-corrected chi connectivity index (χ3v) is 1.76. The van der Waals surface area contributed by atoms with Gasteiger partial charge in [0, 0.05) is 6.54 Å². The number of aromatic nitrogens is 2. The monoisotopic (exact) mass is 190 g/mol. The number of carbonyl (C=O) groups is 1. The van der Waals surface area contributed by atoms with Crippen molar-refractivity contribution in [2.75, 3.05) is 13.1 Å². The Balaban J connectivity index is 2.79. The van der Waals surface area contributed by atoms with E-state index in [0.29, 0.717) is 12.1 Å². The highest BCUT2D eigenvalue weighted by molar-refractivity contribution is 5.93. The molecule has 1 aromatic rings. The summed E-state index contributed by atoms with van der Waals surface area (Å²) in [7, 11) is 0. The third kappa shape index (κ3) is 2.26. The first-order valence-electron chi connectivity index (χ1n) is 4.22. The maximum atomic E-state index is 11.7. The largest absolute Gasteiger partial charge is 0.326 e. The number of nitrogens with zero attached hydrogens (tertiary/aromatic N) is 4. The number of hydrogen-bond donors (Lipinski definition) is 0. The van der Waals surface area contributed by atoms with Crippen molar-refractivity contribution in [2.45, 2.75) is 6.92 Å². The van der Waals surface area contributed by atoms with Crippen LogP contribution in [0.3, 0.4) is 0 Å². The molecule has 0 saturated carbocycles. The molecular weight excluding hydrogens is 180 g/mol. The van der Waals surface area contributed by atoms with E-state index in [9.17, 15) is 4.79 Å². The zero-order chi connectivity index (χ0) is 10.4. The lowest BCUT2D eigenvalue weighted by molar-refractivity contribution is 0.0783. The second-order valence-electron chi connectivity index (χ2n) is 2.61. The maximum absolute atomic E-state index is 11.7. The Morgan fingerprint density at radius 1 is 1.64 bits per heavy atom. The van der Waals surface area contributed by atoms with Crippen LogP contribution in [0.4, 0.5) is 0 Å². The van der Waals surface area contributed by atoms with E-state index < -0.39 is 0 Å². The Morgan fingerprint density at radius 2 is 2.43 bits per heavy atom. The van der Waals surface area contributed by atoms with E-state index in [1.165, 1.54) is 17.3 Å². The molecule has 0 atom stereocenters. The minimum Gasteiger partial charge on any atom is -0.326 e. The van der Waals surface area contributed by atoms with E-state index in [4.69, 9.17) is 5.26 Å². The average molecular weight is 190 g/mol. The van der Waals surface area contributed by atoms with Gasteiger partial charge in [0.2, 0.25) is 0 Å². The number of hydrogen-bond acceptors (Lipinski definition) is 4. The molecule has 0 aliphatic heterocycles. The first-order chi connectivity index (χ1) is 6.79. The van der Waals surface area contributed by atoms with E-state index in [0.717, 1.165) is 0 Å². The van der Waals surface area contributed by atoms with E-state index in [-0.39, 0.29) is 12.5 Å². The Kier molecular flexibility index (Phi) is 3.56. The summed E-state index contributed by atoms with van der Waals surface area (Å²) in [6.45, 7) is 2.43. The molecule has 72 valence electrons. The van der Waals surface area contributed by atoms with Crippen LogP contribution in [0.1, 0.15) is 17.3 Å². The molecular formula is C9H10N4O. The highest BCUT2D eigenvalue weighted by Crippen LogP contribution is 2.01. The molecule has 0 bridgehead atoms. The molecule has 0 aliphatic carbocycles. The SMILES string of the molecule is CCN(CC#N)C(=O)c1ccnnc1. The summed E-state index contributed by atoms with van der Waals surface area (Å²) in [4.78, 5) is 13.1. The lowest BCUT2D eigenvalue weighted by Gasteiger charge is -2.16. The normalized spacial score (nSPS) is 9.14. The number of amides is 1. The third-order valence-electron chi connectivity index (χ3n) is 1.76. The Bertz CT molecular complexity index is 344. The lowest BCUT2D eigenvalue weighted by Crippen LogP contribution is -2.31. The Morgan fingerprint density at radius 3 is 2.93 bits per heavy atom. The summed E-state index contributed by atoms with van der Waals surface area (Å²) in [6.07, 6.45) is 2.84. The molecule has 1 amide bonds. The molecule has 0 radical (unpaired) electrons. The quantitative estimate of drug-likeness (QED) is 0.649. The van der Waals surface area contributed by atoms with Crippen molar-refractivity contribution in [3.8, 4) is 6.07 Å². The minimum atomic E-state index is -0.191. The molecule has 1 aromatic heterocycles. The zero-order valence-electron chi connectivity index (χ0n) is 7.84. The van der Waals surface area contributed by atoms with Gasteiger partial charge >= 0.3 is 0 Å².